The van der Waals surface area contributed by atoms with Gasteiger partial charge < -0.3 is 5.11 Å². The molecule has 17 heavy (non-hydrogen) atoms. The van der Waals surface area contributed by atoms with E-state index in [0.29, 0.717) is 23.9 Å². The van der Waals surface area contributed by atoms with Gasteiger partial charge in [-0.15, -0.1) is 0 Å². The summed E-state index contributed by atoms with van der Waals surface area (Å²) in [5, 5.41) is 9.73. The van der Waals surface area contributed by atoms with Gasteiger partial charge in [0.05, 0.1) is 5.57 Å². The van der Waals surface area contributed by atoms with Gasteiger partial charge in [0.15, 0.2) is 6.29 Å². The molecule has 1 rings (SSSR count). The normalized spacial score (nSPS) is 17.2. The van der Waals surface area contributed by atoms with Gasteiger partial charge in [-0.1, -0.05) is 37.3 Å². The highest BCUT2D eigenvalue weighted by Gasteiger charge is 2.13. The lowest BCUT2D eigenvalue weighted by molar-refractivity contribution is -0.104. The highest BCUT2D eigenvalue weighted by molar-refractivity contribution is 5.84. The first-order valence-electron chi connectivity index (χ1n) is 5.73. The van der Waals surface area contributed by atoms with E-state index < -0.39 is 0 Å². The van der Waals surface area contributed by atoms with Crippen molar-refractivity contribution in [2.45, 2.75) is 26.7 Å². The second-order valence-corrected chi connectivity index (χ2v) is 3.98. The van der Waals surface area contributed by atoms with Crippen LogP contribution in [-0.2, 0) is 4.79 Å². The highest BCUT2D eigenvalue weighted by Crippen LogP contribution is 2.25. The maximum atomic E-state index is 11.0. The van der Waals surface area contributed by atoms with Gasteiger partial charge in [-0.3, -0.25) is 4.79 Å². The molecule has 0 aromatic heterocycles. The minimum Gasteiger partial charge on any atom is -0.508 e. The molecule has 1 N–H and O–H groups in total. The fourth-order valence-corrected chi connectivity index (χ4v) is 1.67. The van der Waals surface area contributed by atoms with Crippen LogP contribution in [0.4, 0.5) is 0 Å². The van der Waals surface area contributed by atoms with Gasteiger partial charge in [-0.05, 0) is 37.0 Å². The molecule has 90 valence electrons. The minimum atomic E-state index is 0.0312. The third-order valence-corrected chi connectivity index (χ3v) is 2.81. The highest BCUT2D eigenvalue weighted by atomic mass is 16.3. The SMILES string of the molecule is C=CC1=C(C=O)C(O)=CCC=C1/C=C(\C)CC. The molecule has 0 aliphatic heterocycles. The Morgan fingerprint density at radius 1 is 1.47 bits per heavy atom. The summed E-state index contributed by atoms with van der Waals surface area (Å²) in [7, 11) is 0. The van der Waals surface area contributed by atoms with Crippen molar-refractivity contribution in [3.63, 3.8) is 0 Å². The van der Waals surface area contributed by atoms with Crippen LogP contribution in [0.1, 0.15) is 26.7 Å². The summed E-state index contributed by atoms with van der Waals surface area (Å²) >= 11 is 0. The van der Waals surface area contributed by atoms with Gasteiger partial charge in [-0.25, -0.2) is 0 Å². The number of aliphatic hydroxyl groups excluding tert-OH is 1. The summed E-state index contributed by atoms with van der Waals surface area (Å²) in [5.41, 5.74) is 3.17. The van der Waals surface area contributed by atoms with Crippen molar-refractivity contribution in [3.8, 4) is 0 Å². The van der Waals surface area contributed by atoms with Crippen molar-refractivity contribution in [1.82, 2.24) is 0 Å². The molecule has 2 nitrogen and oxygen atoms in total. The van der Waals surface area contributed by atoms with E-state index in [0.717, 1.165) is 12.0 Å². The Kier molecular flexibility index (Phi) is 4.70. The van der Waals surface area contributed by atoms with Crippen molar-refractivity contribution in [2.24, 2.45) is 0 Å². The van der Waals surface area contributed by atoms with Crippen molar-refractivity contribution in [2.75, 3.05) is 0 Å². The van der Waals surface area contributed by atoms with Crippen molar-refractivity contribution in [3.05, 3.63) is 58.9 Å². The molecule has 0 amide bonds. The molecule has 0 heterocycles. The van der Waals surface area contributed by atoms with E-state index in [-0.39, 0.29) is 5.76 Å². The molecule has 0 saturated carbocycles. The third kappa shape index (κ3) is 3.06. The maximum absolute atomic E-state index is 11.0. The summed E-state index contributed by atoms with van der Waals surface area (Å²) in [6.45, 7) is 7.84. The van der Waals surface area contributed by atoms with E-state index in [4.69, 9.17) is 0 Å². The van der Waals surface area contributed by atoms with E-state index in [9.17, 15) is 9.90 Å². The topological polar surface area (TPSA) is 37.3 Å². The van der Waals surface area contributed by atoms with Gasteiger partial charge in [0.1, 0.15) is 5.76 Å². The average Bonchev–Trinajstić information content (AvgIpc) is 2.47. The van der Waals surface area contributed by atoms with Crippen LogP contribution in [0.5, 0.6) is 0 Å². The van der Waals surface area contributed by atoms with E-state index in [1.807, 2.05) is 19.1 Å². The number of aldehydes is 1. The number of allylic oxidation sites excluding steroid dienone is 8. The zero-order valence-corrected chi connectivity index (χ0v) is 10.4. The maximum Gasteiger partial charge on any atom is 0.154 e. The molecular weight excluding hydrogens is 212 g/mol. The van der Waals surface area contributed by atoms with E-state index in [1.54, 1.807) is 12.2 Å². The number of carbonyl (C=O) groups is 1. The van der Waals surface area contributed by atoms with Gasteiger partial charge in [-0.2, -0.15) is 0 Å². The summed E-state index contributed by atoms with van der Waals surface area (Å²) in [6, 6.07) is 0. The first-order valence-corrected chi connectivity index (χ1v) is 5.73. The number of carbonyl (C=O) groups excluding carboxylic acids is 1. The fourth-order valence-electron chi connectivity index (χ4n) is 1.67. The number of hydrogen-bond donors (Lipinski definition) is 1. The first kappa shape index (κ1) is 13.2. The van der Waals surface area contributed by atoms with Crippen molar-refractivity contribution < 1.29 is 9.90 Å². The van der Waals surface area contributed by atoms with Crippen LogP contribution in [0.25, 0.3) is 0 Å². The van der Waals surface area contributed by atoms with Crippen LogP contribution in [0, 0.1) is 0 Å². The predicted octanol–water partition coefficient (Wildman–Crippen LogP) is 3.80. The number of hydrogen-bond acceptors (Lipinski definition) is 2. The Labute approximate surface area is 102 Å². The van der Waals surface area contributed by atoms with E-state index in [2.05, 4.69) is 13.5 Å². The first-order chi connectivity index (χ1) is 8.13. The van der Waals surface area contributed by atoms with Gasteiger partial charge in [0.2, 0.25) is 0 Å². The molecule has 1 aliphatic rings. The molecule has 1 aliphatic carbocycles. The Morgan fingerprint density at radius 2 is 2.18 bits per heavy atom. The molecule has 0 aromatic carbocycles. The zero-order valence-electron chi connectivity index (χ0n) is 10.4. The number of rotatable bonds is 4. The molecular formula is C15H18O2. The van der Waals surface area contributed by atoms with E-state index in [1.165, 1.54) is 5.57 Å². The van der Waals surface area contributed by atoms with Crippen LogP contribution in [0.2, 0.25) is 0 Å². The van der Waals surface area contributed by atoms with Gasteiger partial charge in [0, 0.05) is 0 Å². The second-order valence-electron chi connectivity index (χ2n) is 3.98. The monoisotopic (exact) mass is 230 g/mol. The molecule has 0 aromatic rings. The minimum absolute atomic E-state index is 0.0312. The molecule has 0 unspecified atom stereocenters. The lowest BCUT2D eigenvalue weighted by Crippen LogP contribution is -1.96. The lowest BCUT2D eigenvalue weighted by atomic mass is 9.98. The Morgan fingerprint density at radius 3 is 2.71 bits per heavy atom. The molecule has 0 saturated heterocycles. The largest absolute Gasteiger partial charge is 0.508 e. The van der Waals surface area contributed by atoms with Crippen molar-refractivity contribution in [1.29, 1.82) is 0 Å². The zero-order chi connectivity index (χ0) is 12.8. The second kappa shape index (κ2) is 6.04. The lowest BCUT2D eigenvalue weighted by Gasteiger charge is -2.07. The van der Waals surface area contributed by atoms with Gasteiger partial charge >= 0.3 is 0 Å². The summed E-state index contributed by atoms with van der Waals surface area (Å²) in [4.78, 5) is 11.0. The average molecular weight is 230 g/mol. The van der Waals surface area contributed by atoms with Gasteiger partial charge in [0.25, 0.3) is 0 Å². The van der Waals surface area contributed by atoms with Crippen molar-refractivity contribution >= 4 is 6.29 Å². The smallest absolute Gasteiger partial charge is 0.154 e. The molecule has 0 bridgehead atoms. The Hall–Kier alpha value is -1.83. The summed E-state index contributed by atoms with van der Waals surface area (Å²) < 4.78 is 0. The molecule has 2 heteroatoms. The molecule has 0 spiro atoms. The fraction of sp³-hybridized carbons (Fsp3) is 0.267. The Balaban J connectivity index is 3.32. The molecule has 0 atom stereocenters. The summed E-state index contributed by atoms with van der Waals surface area (Å²) in [5.74, 6) is 0.0312. The molecule has 0 radical (unpaired) electrons. The quantitative estimate of drug-likeness (QED) is 0.746. The van der Waals surface area contributed by atoms with Crippen LogP contribution >= 0.6 is 0 Å². The predicted molar refractivity (Wildman–Crippen MR) is 70.7 cm³/mol. The summed E-state index contributed by atoms with van der Waals surface area (Å²) in [6.07, 6.45) is 9.52. The van der Waals surface area contributed by atoms with Crippen LogP contribution < -0.4 is 0 Å². The van der Waals surface area contributed by atoms with Crippen LogP contribution in [-0.4, -0.2) is 11.4 Å². The van der Waals surface area contributed by atoms with Crippen LogP contribution in [0.3, 0.4) is 0 Å². The standard InChI is InChI=1S/C15H18O2/c1-4-11(3)9-12-7-6-8-15(17)14(10-16)13(12)5-2/h5,7-10,17H,2,4,6H2,1,3H3/b11-9+. The number of aliphatic hydroxyl groups is 1. The van der Waals surface area contributed by atoms with E-state index >= 15 is 0 Å². The Bertz CT molecular complexity index is 446. The molecule has 0 fully saturated rings. The van der Waals surface area contributed by atoms with Crippen LogP contribution in [0.15, 0.2) is 58.9 Å². The third-order valence-electron chi connectivity index (χ3n) is 2.81.